The van der Waals surface area contributed by atoms with E-state index in [1.807, 2.05) is 13.8 Å². The van der Waals surface area contributed by atoms with E-state index in [0.29, 0.717) is 12.6 Å². The van der Waals surface area contributed by atoms with Crippen LogP contribution in [0.5, 0.6) is 0 Å². The summed E-state index contributed by atoms with van der Waals surface area (Å²) in [5.41, 5.74) is 0. The van der Waals surface area contributed by atoms with Gasteiger partial charge in [0.2, 0.25) is 0 Å². The van der Waals surface area contributed by atoms with E-state index in [1.165, 1.54) is 0 Å². The summed E-state index contributed by atoms with van der Waals surface area (Å²) in [5.74, 6) is 0.142. The third-order valence-corrected chi connectivity index (χ3v) is 2.37. The zero-order valence-electron chi connectivity index (χ0n) is 6.41. The number of nitrogens with one attached hydrogen (secondary N) is 1. The molecule has 0 spiro atoms. The summed E-state index contributed by atoms with van der Waals surface area (Å²) < 4.78 is 0. The second kappa shape index (κ2) is 2.86. The topological polar surface area (TPSA) is 52.5 Å². The van der Waals surface area contributed by atoms with Crippen molar-refractivity contribution in [3.8, 4) is 0 Å². The second-order valence-electron chi connectivity index (χ2n) is 3.11. The summed E-state index contributed by atoms with van der Waals surface area (Å²) in [7, 11) is 0. The number of rotatable bonds is 0. The number of hydrogen-bond acceptors (Lipinski definition) is 3. The lowest BCUT2D eigenvalue weighted by Crippen LogP contribution is -2.54. The summed E-state index contributed by atoms with van der Waals surface area (Å²) in [6, 6.07) is 0.304. The zero-order valence-corrected chi connectivity index (χ0v) is 6.41. The Balaban J connectivity index is 2.52. The number of aliphatic hydroxyl groups is 2. The van der Waals surface area contributed by atoms with Crippen LogP contribution in [0.2, 0.25) is 0 Å². The fraction of sp³-hybridized carbons (Fsp3) is 1.00. The Morgan fingerprint density at radius 3 is 2.40 bits per heavy atom. The van der Waals surface area contributed by atoms with Crippen molar-refractivity contribution in [3.05, 3.63) is 0 Å². The molecule has 60 valence electrons. The van der Waals surface area contributed by atoms with Gasteiger partial charge in [-0.15, -0.1) is 0 Å². The molecule has 3 N–H and O–H groups in total. The summed E-state index contributed by atoms with van der Waals surface area (Å²) in [4.78, 5) is 0. The van der Waals surface area contributed by atoms with Crippen LogP contribution < -0.4 is 5.32 Å². The maximum atomic E-state index is 9.33. The van der Waals surface area contributed by atoms with Gasteiger partial charge < -0.3 is 15.5 Å². The maximum Gasteiger partial charge on any atom is 0.0926 e. The van der Waals surface area contributed by atoms with E-state index in [-0.39, 0.29) is 5.92 Å². The van der Waals surface area contributed by atoms with Gasteiger partial charge >= 0.3 is 0 Å². The van der Waals surface area contributed by atoms with Gasteiger partial charge in [0.15, 0.2) is 0 Å². The molecule has 1 fully saturated rings. The van der Waals surface area contributed by atoms with E-state index < -0.39 is 12.2 Å². The van der Waals surface area contributed by atoms with Crippen LogP contribution in [0.25, 0.3) is 0 Å². The van der Waals surface area contributed by atoms with Crippen LogP contribution in [0, 0.1) is 5.92 Å². The van der Waals surface area contributed by atoms with Crippen LogP contribution in [0.4, 0.5) is 0 Å². The molecule has 1 saturated heterocycles. The van der Waals surface area contributed by atoms with Crippen molar-refractivity contribution in [2.24, 2.45) is 5.92 Å². The van der Waals surface area contributed by atoms with Crippen LogP contribution >= 0.6 is 0 Å². The molecule has 4 unspecified atom stereocenters. The molecule has 0 aromatic rings. The van der Waals surface area contributed by atoms with Gasteiger partial charge in [-0.1, -0.05) is 6.92 Å². The van der Waals surface area contributed by atoms with Crippen LogP contribution in [-0.2, 0) is 0 Å². The summed E-state index contributed by atoms with van der Waals surface area (Å²) >= 11 is 0. The Morgan fingerprint density at radius 2 is 1.90 bits per heavy atom. The fourth-order valence-electron chi connectivity index (χ4n) is 1.26. The largest absolute Gasteiger partial charge is 0.390 e. The molecular formula is C7H15NO2. The highest BCUT2D eigenvalue weighted by Gasteiger charge is 2.31. The Labute approximate surface area is 61.1 Å². The molecule has 0 radical (unpaired) electrons. The van der Waals surface area contributed by atoms with Gasteiger partial charge in [0, 0.05) is 12.6 Å². The molecule has 0 amide bonds. The predicted octanol–water partition coefficient (Wildman–Crippen LogP) is -0.664. The number of piperidine rings is 1. The monoisotopic (exact) mass is 145 g/mol. The molecule has 3 heteroatoms. The minimum Gasteiger partial charge on any atom is -0.390 e. The third kappa shape index (κ3) is 1.31. The van der Waals surface area contributed by atoms with Gasteiger partial charge in [0.05, 0.1) is 12.2 Å². The molecule has 10 heavy (non-hydrogen) atoms. The van der Waals surface area contributed by atoms with Gasteiger partial charge in [0.25, 0.3) is 0 Å². The van der Waals surface area contributed by atoms with Crippen molar-refractivity contribution in [3.63, 3.8) is 0 Å². The first-order chi connectivity index (χ1) is 4.63. The van der Waals surface area contributed by atoms with Crippen molar-refractivity contribution < 1.29 is 10.2 Å². The van der Waals surface area contributed by atoms with Crippen molar-refractivity contribution in [2.75, 3.05) is 6.54 Å². The van der Waals surface area contributed by atoms with E-state index in [1.54, 1.807) is 0 Å². The third-order valence-electron chi connectivity index (χ3n) is 2.37. The smallest absolute Gasteiger partial charge is 0.0926 e. The van der Waals surface area contributed by atoms with Crippen LogP contribution in [-0.4, -0.2) is 35.0 Å². The van der Waals surface area contributed by atoms with Gasteiger partial charge in [-0.3, -0.25) is 0 Å². The van der Waals surface area contributed by atoms with Gasteiger partial charge in [-0.05, 0) is 12.8 Å². The Hall–Kier alpha value is -0.120. The van der Waals surface area contributed by atoms with Gasteiger partial charge in [0.1, 0.15) is 0 Å². The minimum atomic E-state index is -0.591. The van der Waals surface area contributed by atoms with E-state index in [0.717, 1.165) is 0 Å². The number of aliphatic hydroxyl groups excluding tert-OH is 2. The predicted molar refractivity (Wildman–Crippen MR) is 38.6 cm³/mol. The molecule has 1 aliphatic rings. The van der Waals surface area contributed by atoms with E-state index >= 15 is 0 Å². The van der Waals surface area contributed by atoms with Crippen molar-refractivity contribution in [1.82, 2.24) is 5.32 Å². The van der Waals surface area contributed by atoms with Gasteiger partial charge in [-0.25, -0.2) is 0 Å². The van der Waals surface area contributed by atoms with Crippen LogP contribution in [0.15, 0.2) is 0 Å². The van der Waals surface area contributed by atoms with Crippen LogP contribution in [0.1, 0.15) is 13.8 Å². The maximum absolute atomic E-state index is 9.33. The first kappa shape index (κ1) is 7.98. The highest BCUT2D eigenvalue weighted by atomic mass is 16.3. The normalized spacial score (nSPS) is 49.2. The zero-order chi connectivity index (χ0) is 7.72. The highest BCUT2D eigenvalue weighted by Crippen LogP contribution is 2.15. The molecule has 1 heterocycles. The summed E-state index contributed by atoms with van der Waals surface area (Å²) in [6.07, 6.45) is -1.15. The molecule has 3 nitrogen and oxygen atoms in total. The van der Waals surface area contributed by atoms with Gasteiger partial charge in [-0.2, -0.15) is 0 Å². The molecule has 1 rings (SSSR count). The van der Waals surface area contributed by atoms with Crippen molar-refractivity contribution in [2.45, 2.75) is 32.1 Å². The first-order valence-electron chi connectivity index (χ1n) is 3.72. The Morgan fingerprint density at radius 1 is 1.30 bits per heavy atom. The summed E-state index contributed by atoms with van der Waals surface area (Å²) in [6.45, 7) is 4.46. The van der Waals surface area contributed by atoms with Crippen LogP contribution in [0.3, 0.4) is 0 Å². The lowest BCUT2D eigenvalue weighted by molar-refractivity contribution is -0.0432. The molecule has 0 aromatic heterocycles. The number of β-amino-alcohol motifs (C(OH)–C–C–N with tert-alkyl or cyclic N) is 1. The molecule has 4 atom stereocenters. The molecule has 0 aliphatic carbocycles. The lowest BCUT2D eigenvalue weighted by Gasteiger charge is -2.35. The molecular weight excluding hydrogens is 130 g/mol. The minimum absolute atomic E-state index is 0.142. The fourth-order valence-corrected chi connectivity index (χ4v) is 1.26. The summed E-state index contributed by atoms with van der Waals surface area (Å²) in [5, 5.41) is 21.6. The molecule has 0 saturated carbocycles. The first-order valence-corrected chi connectivity index (χ1v) is 3.72. The second-order valence-corrected chi connectivity index (χ2v) is 3.11. The number of hydrogen-bond donors (Lipinski definition) is 3. The lowest BCUT2D eigenvalue weighted by atomic mass is 9.89. The Kier molecular flexibility index (Phi) is 2.28. The van der Waals surface area contributed by atoms with Crippen molar-refractivity contribution in [1.29, 1.82) is 0 Å². The Bertz CT molecular complexity index is 104. The van der Waals surface area contributed by atoms with E-state index in [9.17, 15) is 5.11 Å². The SMILES string of the molecule is CC1NCC(O)C(O)C1C. The quantitative estimate of drug-likeness (QED) is 0.424. The van der Waals surface area contributed by atoms with E-state index in [2.05, 4.69) is 5.32 Å². The average Bonchev–Trinajstić information content (AvgIpc) is 1.93. The van der Waals surface area contributed by atoms with E-state index in [4.69, 9.17) is 5.11 Å². The highest BCUT2D eigenvalue weighted by molar-refractivity contribution is 4.86. The molecule has 1 aliphatic heterocycles. The average molecular weight is 145 g/mol. The molecule has 0 aromatic carbocycles. The van der Waals surface area contributed by atoms with Crippen molar-refractivity contribution >= 4 is 0 Å². The standard InChI is InChI=1S/C7H15NO2/c1-4-5(2)8-3-6(9)7(4)10/h4-10H,3H2,1-2H3. The molecule has 0 bridgehead atoms.